The molecule has 6 heteroatoms. The van der Waals surface area contributed by atoms with Crippen molar-refractivity contribution in [3.05, 3.63) is 24.1 Å². The predicted molar refractivity (Wildman–Crippen MR) is 75.4 cm³/mol. The van der Waals surface area contributed by atoms with E-state index in [1.165, 1.54) is 0 Å². The van der Waals surface area contributed by atoms with E-state index < -0.39 is 0 Å². The summed E-state index contributed by atoms with van der Waals surface area (Å²) >= 11 is 0. The van der Waals surface area contributed by atoms with Gasteiger partial charge in [0, 0.05) is 20.3 Å². The van der Waals surface area contributed by atoms with Crippen LogP contribution in [-0.2, 0) is 20.8 Å². The maximum absolute atomic E-state index is 5.81. The van der Waals surface area contributed by atoms with Gasteiger partial charge in [0.2, 0.25) is 5.89 Å². The lowest BCUT2D eigenvalue weighted by Crippen LogP contribution is -2.06. The fraction of sp³-hybridized carbons (Fsp3) is 0.500. The molecule has 0 aliphatic heterocycles. The molecule has 2 N–H and O–H groups in total. The summed E-state index contributed by atoms with van der Waals surface area (Å²) in [6, 6.07) is 5.46. The first kappa shape index (κ1) is 14.8. The van der Waals surface area contributed by atoms with Crippen molar-refractivity contribution in [2.24, 2.45) is 0 Å². The molecule has 0 spiro atoms. The number of oxazole rings is 1. The number of fused-ring (bicyclic) bond motifs is 1. The van der Waals surface area contributed by atoms with Crippen LogP contribution in [0.3, 0.4) is 0 Å². The normalized spacial score (nSPS) is 11.2. The lowest BCUT2D eigenvalue weighted by molar-refractivity contribution is 0.0277. The van der Waals surface area contributed by atoms with Gasteiger partial charge < -0.3 is 24.4 Å². The summed E-state index contributed by atoms with van der Waals surface area (Å²) in [4.78, 5) is 4.30. The van der Waals surface area contributed by atoms with Crippen molar-refractivity contribution in [3.8, 4) is 0 Å². The number of methoxy groups -OCH3 is 1. The first-order valence-electron chi connectivity index (χ1n) is 6.59. The Bertz CT molecular complexity index is 527. The maximum atomic E-state index is 5.81. The first-order valence-corrected chi connectivity index (χ1v) is 6.59. The molecular weight excluding hydrogens is 260 g/mol. The second-order valence-electron chi connectivity index (χ2n) is 4.31. The first-order chi connectivity index (χ1) is 9.81. The van der Waals surface area contributed by atoms with Gasteiger partial charge in [0.05, 0.1) is 18.9 Å². The largest absolute Gasteiger partial charge is 0.438 e. The third kappa shape index (κ3) is 4.19. The van der Waals surface area contributed by atoms with Crippen LogP contribution in [0.4, 0.5) is 5.69 Å². The van der Waals surface area contributed by atoms with Crippen LogP contribution in [0.2, 0.25) is 0 Å². The van der Waals surface area contributed by atoms with E-state index in [1.54, 1.807) is 13.2 Å². The van der Waals surface area contributed by atoms with Gasteiger partial charge in [-0.05, 0) is 18.6 Å². The van der Waals surface area contributed by atoms with E-state index >= 15 is 0 Å². The highest BCUT2D eigenvalue weighted by molar-refractivity contribution is 5.85. The summed E-state index contributed by atoms with van der Waals surface area (Å²) in [5, 5.41) is 0. The summed E-state index contributed by atoms with van der Waals surface area (Å²) in [6.45, 7) is 2.75. The molecule has 0 aliphatic carbocycles. The average molecular weight is 280 g/mol. The van der Waals surface area contributed by atoms with Crippen molar-refractivity contribution < 1.29 is 18.6 Å². The van der Waals surface area contributed by atoms with Gasteiger partial charge in [-0.15, -0.1) is 0 Å². The van der Waals surface area contributed by atoms with Crippen molar-refractivity contribution in [2.45, 2.75) is 13.0 Å². The summed E-state index contributed by atoms with van der Waals surface area (Å²) in [7, 11) is 1.68. The van der Waals surface area contributed by atoms with Gasteiger partial charge in [-0.25, -0.2) is 4.98 Å². The van der Waals surface area contributed by atoms with Crippen molar-refractivity contribution in [3.63, 3.8) is 0 Å². The van der Waals surface area contributed by atoms with Gasteiger partial charge in [0.15, 0.2) is 5.58 Å². The van der Waals surface area contributed by atoms with Gasteiger partial charge in [-0.1, -0.05) is 6.07 Å². The molecule has 0 amide bonds. The number of nitrogen functional groups attached to an aromatic ring is 1. The SMILES string of the molecule is COCCCOCCOCc1nc2c(N)cccc2o1. The third-order valence-electron chi connectivity index (χ3n) is 2.73. The van der Waals surface area contributed by atoms with E-state index in [2.05, 4.69) is 4.98 Å². The fourth-order valence-electron chi connectivity index (χ4n) is 1.76. The predicted octanol–water partition coefficient (Wildman–Crippen LogP) is 1.98. The monoisotopic (exact) mass is 280 g/mol. The molecule has 20 heavy (non-hydrogen) atoms. The van der Waals surface area contributed by atoms with Crippen molar-refractivity contribution in [2.75, 3.05) is 39.3 Å². The zero-order valence-electron chi connectivity index (χ0n) is 11.6. The highest BCUT2D eigenvalue weighted by atomic mass is 16.5. The molecule has 0 saturated heterocycles. The van der Waals surface area contributed by atoms with E-state index in [-0.39, 0.29) is 0 Å². The van der Waals surface area contributed by atoms with Gasteiger partial charge in [-0.2, -0.15) is 0 Å². The number of rotatable bonds is 9. The van der Waals surface area contributed by atoms with Crippen LogP contribution < -0.4 is 5.73 Å². The molecule has 1 heterocycles. The minimum atomic E-state index is 0.315. The van der Waals surface area contributed by atoms with Crippen molar-refractivity contribution >= 4 is 16.8 Å². The highest BCUT2D eigenvalue weighted by Gasteiger charge is 2.07. The Labute approximate surface area is 117 Å². The number of hydrogen-bond donors (Lipinski definition) is 1. The number of nitrogens with zero attached hydrogens (tertiary/aromatic N) is 1. The lowest BCUT2D eigenvalue weighted by atomic mass is 10.3. The summed E-state index contributed by atoms with van der Waals surface area (Å²) in [6.07, 6.45) is 0.890. The second kappa shape index (κ2) is 7.84. The van der Waals surface area contributed by atoms with Crippen molar-refractivity contribution in [1.82, 2.24) is 4.98 Å². The number of para-hydroxylation sites is 1. The highest BCUT2D eigenvalue weighted by Crippen LogP contribution is 2.21. The molecule has 110 valence electrons. The molecule has 2 aromatic rings. The van der Waals surface area contributed by atoms with E-state index in [1.807, 2.05) is 12.1 Å². The Hall–Kier alpha value is -1.63. The smallest absolute Gasteiger partial charge is 0.221 e. The number of ether oxygens (including phenoxy) is 3. The maximum Gasteiger partial charge on any atom is 0.221 e. The second-order valence-corrected chi connectivity index (χ2v) is 4.31. The average Bonchev–Trinajstić information content (AvgIpc) is 2.86. The molecule has 0 bridgehead atoms. The van der Waals surface area contributed by atoms with Gasteiger partial charge >= 0.3 is 0 Å². The van der Waals surface area contributed by atoms with Crippen LogP contribution in [0.5, 0.6) is 0 Å². The van der Waals surface area contributed by atoms with Gasteiger partial charge in [-0.3, -0.25) is 0 Å². The lowest BCUT2D eigenvalue weighted by Gasteiger charge is -2.03. The molecule has 2 rings (SSSR count). The van der Waals surface area contributed by atoms with Crippen LogP contribution in [-0.4, -0.2) is 38.5 Å². The quantitative estimate of drug-likeness (QED) is 0.559. The Kier molecular flexibility index (Phi) is 5.79. The Balaban J connectivity index is 1.67. The fourth-order valence-corrected chi connectivity index (χ4v) is 1.76. The zero-order valence-corrected chi connectivity index (χ0v) is 11.6. The number of hydrogen-bond acceptors (Lipinski definition) is 6. The van der Waals surface area contributed by atoms with E-state index in [4.69, 9.17) is 24.4 Å². The van der Waals surface area contributed by atoms with Crippen molar-refractivity contribution in [1.29, 1.82) is 0 Å². The molecular formula is C14H20N2O4. The number of anilines is 1. The van der Waals surface area contributed by atoms with E-state index in [9.17, 15) is 0 Å². The van der Waals surface area contributed by atoms with Crippen LogP contribution in [0.1, 0.15) is 12.3 Å². The van der Waals surface area contributed by atoms with Crippen LogP contribution in [0.25, 0.3) is 11.1 Å². The molecule has 1 aromatic carbocycles. The van der Waals surface area contributed by atoms with Crippen LogP contribution >= 0.6 is 0 Å². The van der Waals surface area contributed by atoms with E-state index in [0.29, 0.717) is 55.7 Å². The Morgan fingerprint density at radius 3 is 2.80 bits per heavy atom. The standard InChI is InChI=1S/C14H20N2O4/c1-17-6-3-7-18-8-9-19-10-13-16-14-11(15)4-2-5-12(14)20-13/h2,4-5H,3,6-10,15H2,1H3. The minimum Gasteiger partial charge on any atom is -0.438 e. The number of benzene rings is 1. The molecule has 0 atom stereocenters. The summed E-state index contributed by atoms with van der Waals surface area (Å²) < 4.78 is 21.3. The molecule has 0 fully saturated rings. The van der Waals surface area contributed by atoms with Crippen LogP contribution in [0, 0.1) is 0 Å². The zero-order chi connectivity index (χ0) is 14.2. The number of aromatic nitrogens is 1. The molecule has 6 nitrogen and oxygen atoms in total. The third-order valence-corrected chi connectivity index (χ3v) is 2.73. The Morgan fingerprint density at radius 1 is 1.15 bits per heavy atom. The number of nitrogens with two attached hydrogens (primary N) is 1. The topological polar surface area (TPSA) is 79.7 Å². The van der Waals surface area contributed by atoms with Gasteiger partial charge in [0.25, 0.3) is 0 Å². The van der Waals surface area contributed by atoms with Crippen LogP contribution in [0.15, 0.2) is 22.6 Å². The summed E-state index contributed by atoms with van der Waals surface area (Å²) in [5.41, 5.74) is 7.78. The summed E-state index contributed by atoms with van der Waals surface area (Å²) in [5.74, 6) is 0.525. The molecule has 0 saturated carbocycles. The van der Waals surface area contributed by atoms with E-state index in [0.717, 1.165) is 6.42 Å². The molecule has 1 aromatic heterocycles. The molecule has 0 aliphatic rings. The molecule has 0 radical (unpaired) electrons. The molecule has 0 unspecified atom stereocenters. The Morgan fingerprint density at radius 2 is 2.00 bits per heavy atom. The van der Waals surface area contributed by atoms with Gasteiger partial charge in [0.1, 0.15) is 12.1 Å². The minimum absolute atomic E-state index is 0.315.